The van der Waals surface area contributed by atoms with Gasteiger partial charge >= 0.3 is 0 Å². The first-order chi connectivity index (χ1) is 5.16. The fourth-order valence-electron chi connectivity index (χ4n) is 1.13. The fourth-order valence-corrected chi connectivity index (χ4v) is 1.64. The van der Waals surface area contributed by atoms with Crippen LogP contribution in [0.4, 0.5) is 0 Å². The zero-order chi connectivity index (χ0) is 8.43. The van der Waals surface area contributed by atoms with Gasteiger partial charge in [-0.15, -0.1) is 0 Å². The fraction of sp³-hybridized carbons (Fsp3) is 0.333. The first-order valence-corrected chi connectivity index (χ1v) is 4.36. The van der Waals surface area contributed by atoms with Crippen molar-refractivity contribution in [1.82, 2.24) is 0 Å². The molecule has 0 bridgehead atoms. The Hall–Kier alpha value is -0.200. The molecule has 1 aromatic carbocycles. The van der Waals surface area contributed by atoms with Crippen LogP contribution in [0.1, 0.15) is 18.1 Å². The summed E-state index contributed by atoms with van der Waals surface area (Å²) in [7, 11) is 0. The van der Waals surface area contributed by atoms with Gasteiger partial charge in [-0.1, -0.05) is 30.1 Å². The lowest BCUT2D eigenvalue weighted by Crippen LogP contribution is -1.88. The van der Waals surface area contributed by atoms with Gasteiger partial charge in [-0.3, -0.25) is 0 Å². The van der Waals surface area contributed by atoms with Gasteiger partial charge in [-0.05, 0) is 36.6 Å². The van der Waals surface area contributed by atoms with Gasteiger partial charge in [0.2, 0.25) is 0 Å². The van der Waals surface area contributed by atoms with Gasteiger partial charge in [-0.2, -0.15) is 0 Å². The van der Waals surface area contributed by atoms with Crippen LogP contribution in [0, 0.1) is 6.92 Å². The molecule has 0 atom stereocenters. The van der Waals surface area contributed by atoms with Crippen molar-refractivity contribution in [2.45, 2.75) is 20.3 Å². The minimum atomic E-state index is 0.797. The summed E-state index contributed by atoms with van der Waals surface area (Å²) in [6.07, 6.45) is 0.936. The lowest BCUT2D eigenvalue weighted by molar-refractivity contribution is 1.11. The largest absolute Gasteiger partial charge is 0.0840 e. The Bertz CT molecular complexity index is 267. The first-order valence-electron chi connectivity index (χ1n) is 3.60. The Morgan fingerprint density at radius 3 is 2.18 bits per heavy atom. The number of hydrogen-bond acceptors (Lipinski definition) is 0. The van der Waals surface area contributed by atoms with Crippen LogP contribution in [-0.4, -0.2) is 0 Å². The van der Waals surface area contributed by atoms with Crippen LogP contribution in [0.2, 0.25) is 10.0 Å². The lowest BCUT2D eigenvalue weighted by atomic mass is 10.1. The molecule has 0 aliphatic heterocycles. The van der Waals surface area contributed by atoms with Crippen LogP contribution >= 0.6 is 23.2 Å². The second-order valence-electron chi connectivity index (χ2n) is 2.49. The van der Waals surface area contributed by atoms with E-state index in [0.717, 1.165) is 27.6 Å². The number of halogens is 2. The van der Waals surface area contributed by atoms with Gasteiger partial charge in [-0.25, -0.2) is 0 Å². The summed E-state index contributed by atoms with van der Waals surface area (Å²) < 4.78 is 0. The summed E-state index contributed by atoms with van der Waals surface area (Å²) >= 11 is 11.8. The molecule has 0 aromatic heterocycles. The van der Waals surface area contributed by atoms with E-state index in [4.69, 9.17) is 23.2 Å². The third-order valence-electron chi connectivity index (χ3n) is 1.83. The second kappa shape index (κ2) is 3.46. The Labute approximate surface area is 77.1 Å². The molecule has 0 spiro atoms. The van der Waals surface area contributed by atoms with Crippen LogP contribution in [0.15, 0.2) is 12.1 Å². The number of benzene rings is 1. The minimum absolute atomic E-state index is 0.797. The van der Waals surface area contributed by atoms with Crippen LogP contribution in [0.3, 0.4) is 0 Å². The summed E-state index contributed by atoms with van der Waals surface area (Å²) in [5.41, 5.74) is 2.25. The van der Waals surface area contributed by atoms with Gasteiger partial charge in [0.1, 0.15) is 0 Å². The summed E-state index contributed by atoms with van der Waals surface area (Å²) in [6.45, 7) is 4.07. The van der Waals surface area contributed by atoms with Crippen molar-refractivity contribution in [3.8, 4) is 0 Å². The van der Waals surface area contributed by atoms with Crippen LogP contribution in [-0.2, 0) is 6.42 Å². The van der Waals surface area contributed by atoms with E-state index in [0.29, 0.717) is 0 Å². The third-order valence-corrected chi connectivity index (χ3v) is 2.59. The number of hydrogen-bond donors (Lipinski definition) is 0. The average Bonchev–Trinajstić information content (AvgIpc) is 1.99. The molecule has 1 rings (SSSR count). The Kier molecular flexibility index (Phi) is 2.80. The highest BCUT2D eigenvalue weighted by Gasteiger charge is 2.04. The summed E-state index contributed by atoms with van der Waals surface area (Å²) in [6, 6.07) is 3.67. The predicted octanol–water partition coefficient (Wildman–Crippen LogP) is 3.86. The van der Waals surface area contributed by atoms with Gasteiger partial charge in [0, 0.05) is 10.0 Å². The van der Waals surface area contributed by atoms with E-state index in [1.165, 1.54) is 0 Å². The molecule has 11 heavy (non-hydrogen) atoms. The molecular formula is C9H10Cl2. The van der Waals surface area contributed by atoms with Crippen molar-refractivity contribution in [2.24, 2.45) is 0 Å². The van der Waals surface area contributed by atoms with Crippen molar-refractivity contribution in [3.05, 3.63) is 33.3 Å². The van der Waals surface area contributed by atoms with E-state index in [2.05, 4.69) is 6.92 Å². The summed E-state index contributed by atoms with van der Waals surface area (Å²) in [5, 5.41) is 1.61. The molecule has 0 saturated heterocycles. The molecule has 0 fully saturated rings. The number of rotatable bonds is 1. The van der Waals surface area contributed by atoms with E-state index in [9.17, 15) is 0 Å². The smallest absolute Gasteiger partial charge is 0.0441 e. The molecule has 0 saturated carbocycles. The highest BCUT2D eigenvalue weighted by Crippen LogP contribution is 2.26. The molecule has 2 heteroatoms. The monoisotopic (exact) mass is 188 g/mol. The zero-order valence-corrected chi connectivity index (χ0v) is 8.13. The van der Waals surface area contributed by atoms with Gasteiger partial charge < -0.3 is 0 Å². The molecule has 0 aliphatic carbocycles. The third kappa shape index (κ3) is 1.69. The predicted molar refractivity (Wildman–Crippen MR) is 50.6 cm³/mol. The van der Waals surface area contributed by atoms with E-state index in [1.54, 1.807) is 0 Å². The maximum Gasteiger partial charge on any atom is 0.0441 e. The van der Waals surface area contributed by atoms with E-state index in [1.807, 2.05) is 19.1 Å². The Morgan fingerprint density at radius 2 is 1.73 bits per heavy atom. The highest BCUT2D eigenvalue weighted by atomic mass is 35.5. The standard InChI is InChI=1S/C9H10Cl2/c1-3-7-6(2)8(10)4-5-9(7)11/h4-5H,3H2,1-2H3. The van der Waals surface area contributed by atoms with Gasteiger partial charge in [0.15, 0.2) is 0 Å². The second-order valence-corrected chi connectivity index (χ2v) is 3.30. The maximum absolute atomic E-state index is 5.94. The van der Waals surface area contributed by atoms with Crippen molar-refractivity contribution in [1.29, 1.82) is 0 Å². The molecule has 0 aliphatic rings. The lowest BCUT2D eigenvalue weighted by Gasteiger charge is -2.06. The van der Waals surface area contributed by atoms with Crippen molar-refractivity contribution < 1.29 is 0 Å². The van der Waals surface area contributed by atoms with Crippen LogP contribution in [0.5, 0.6) is 0 Å². The van der Waals surface area contributed by atoms with Crippen LogP contribution < -0.4 is 0 Å². The molecule has 0 unspecified atom stereocenters. The summed E-state index contributed by atoms with van der Waals surface area (Å²) in [4.78, 5) is 0. The van der Waals surface area contributed by atoms with E-state index >= 15 is 0 Å². The normalized spacial score (nSPS) is 10.2. The van der Waals surface area contributed by atoms with Crippen molar-refractivity contribution in [3.63, 3.8) is 0 Å². The minimum Gasteiger partial charge on any atom is -0.0840 e. The molecule has 0 N–H and O–H groups in total. The van der Waals surface area contributed by atoms with E-state index in [-0.39, 0.29) is 0 Å². The molecule has 0 nitrogen and oxygen atoms in total. The molecule has 0 radical (unpaired) electrons. The topological polar surface area (TPSA) is 0 Å². The molecule has 60 valence electrons. The zero-order valence-electron chi connectivity index (χ0n) is 6.62. The van der Waals surface area contributed by atoms with Crippen molar-refractivity contribution >= 4 is 23.2 Å². The quantitative estimate of drug-likeness (QED) is 0.629. The molecule has 0 amide bonds. The van der Waals surface area contributed by atoms with Gasteiger partial charge in [0.05, 0.1) is 0 Å². The summed E-state index contributed by atoms with van der Waals surface area (Å²) in [5.74, 6) is 0. The first kappa shape index (κ1) is 8.89. The molecular weight excluding hydrogens is 179 g/mol. The average molecular weight is 189 g/mol. The SMILES string of the molecule is CCc1c(Cl)ccc(Cl)c1C. The van der Waals surface area contributed by atoms with Crippen molar-refractivity contribution in [2.75, 3.05) is 0 Å². The molecule has 1 aromatic rings. The van der Waals surface area contributed by atoms with Gasteiger partial charge in [0.25, 0.3) is 0 Å². The maximum atomic E-state index is 5.94. The van der Waals surface area contributed by atoms with E-state index < -0.39 is 0 Å². The highest BCUT2D eigenvalue weighted by molar-refractivity contribution is 6.34. The Morgan fingerprint density at radius 1 is 1.18 bits per heavy atom. The van der Waals surface area contributed by atoms with Crippen LogP contribution in [0.25, 0.3) is 0 Å². The molecule has 0 heterocycles. The Balaban J connectivity index is 3.29.